The first-order valence-electron chi connectivity index (χ1n) is 6.49. The summed E-state index contributed by atoms with van der Waals surface area (Å²) in [6, 6.07) is 7.47. The fraction of sp³-hybridized carbons (Fsp3) is 0.357. The lowest BCUT2D eigenvalue weighted by Gasteiger charge is -2.03. The number of aromatic nitrogens is 3. The molecule has 0 unspecified atom stereocenters. The predicted octanol–water partition coefficient (Wildman–Crippen LogP) is 2.26. The molecule has 1 aromatic heterocycles. The van der Waals surface area contributed by atoms with Gasteiger partial charge in [0, 0.05) is 12.1 Å². The Kier molecular flexibility index (Phi) is 4.79. The summed E-state index contributed by atoms with van der Waals surface area (Å²) < 4.78 is 1.56. The summed E-state index contributed by atoms with van der Waals surface area (Å²) >= 11 is 1.29. The highest BCUT2D eigenvalue weighted by Crippen LogP contribution is 2.16. The van der Waals surface area contributed by atoms with Crippen molar-refractivity contribution in [2.75, 3.05) is 5.75 Å². The highest BCUT2D eigenvalue weighted by molar-refractivity contribution is 7.99. The summed E-state index contributed by atoms with van der Waals surface area (Å²) in [5.41, 5.74) is 1.58. The minimum atomic E-state index is -0.225. The van der Waals surface area contributed by atoms with E-state index in [1.165, 1.54) is 11.8 Å². The van der Waals surface area contributed by atoms with Crippen molar-refractivity contribution in [3.63, 3.8) is 0 Å². The molecule has 106 valence electrons. The van der Waals surface area contributed by atoms with Gasteiger partial charge in [0.1, 0.15) is 0 Å². The maximum Gasteiger partial charge on any atom is 0.343 e. The normalized spacial score (nSPS) is 10.7. The summed E-state index contributed by atoms with van der Waals surface area (Å²) in [4.78, 5) is 23.6. The van der Waals surface area contributed by atoms with Gasteiger partial charge in [0.15, 0.2) is 10.9 Å². The molecule has 0 bridgehead atoms. The van der Waals surface area contributed by atoms with Crippen LogP contribution >= 0.6 is 11.8 Å². The van der Waals surface area contributed by atoms with Gasteiger partial charge in [0.05, 0.1) is 5.75 Å². The van der Waals surface area contributed by atoms with E-state index in [4.69, 9.17) is 0 Å². The van der Waals surface area contributed by atoms with Crippen molar-refractivity contribution in [1.29, 1.82) is 0 Å². The molecule has 0 saturated carbocycles. The van der Waals surface area contributed by atoms with Crippen molar-refractivity contribution >= 4 is 17.5 Å². The zero-order chi connectivity index (χ0) is 14.5. The van der Waals surface area contributed by atoms with Crippen LogP contribution in [0.15, 0.2) is 34.2 Å². The molecule has 0 amide bonds. The highest BCUT2D eigenvalue weighted by Gasteiger charge is 2.11. The minimum absolute atomic E-state index is 0.0356. The van der Waals surface area contributed by atoms with Gasteiger partial charge in [0.2, 0.25) is 0 Å². The Balaban J connectivity index is 2.03. The molecule has 1 N–H and O–H groups in total. The van der Waals surface area contributed by atoms with Gasteiger partial charge in [-0.05, 0) is 13.3 Å². The van der Waals surface area contributed by atoms with E-state index in [0.29, 0.717) is 17.3 Å². The second kappa shape index (κ2) is 6.56. The number of thioether (sulfide) groups is 1. The maximum absolute atomic E-state index is 12.1. The van der Waals surface area contributed by atoms with Crippen LogP contribution in [0, 0.1) is 6.92 Å². The van der Waals surface area contributed by atoms with Gasteiger partial charge >= 0.3 is 5.69 Å². The number of hydrogen-bond donors (Lipinski definition) is 1. The quantitative estimate of drug-likeness (QED) is 0.655. The number of nitrogens with one attached hydrogen (secondary N) is 1. The van der Waals surface area contributed by atoms with Gasteiger partial charge < -0.3 is 0 Å². The average molecular weight is 291 g/mol. The Morgan fingerprint density at radius 2 is 2.05 bits per heavy atom. The topological polar surface area (TPSA) is 67.8 Å². The molecule has 0 aliphatic rings. The van der Waals surface area contributed by atoms with Crippen LogP contribution in [-0.4, -0.2) is 26.3 Å². The molecule has 1 aromatic carbocycles. The van der Waals surface area contributed by atoms with Crippen molar-refractivity contribution in [2.45, 2.75) is 32.0 Å². The highest BCUT2D eigenvalue weighted by atomic mass is 32.2. The van der Waals surface area contributed by atoms with Gasteiger partial charge in [0.25, 0.3) is 0 Å². The van der Waals surface area contributed by atoms with E-state index in [2.05, 4.69) is 10.2 Å². The van der Waals surface area contributed by atoms with Crippen molar-refractivity contribution in [3.05, 3.63) is 45.9 Å². The van der Waals surface area contributed by atoms with E-state index in [-0.39, 0.29) is 17.2 Å². The molecule has 0 fully saturated rings. The standard InChI is InChI=1S/C14H17N3O2S/c1-3-8-17-13(19)15-16-14(17)20-9-12(18)11-6-4-10(2)5-7-11/h4-7H,3,8-9H2,1-2H3,(H,15,19). The van der Waals surface area contributed by atoms with Gasteiger partial charge in [-0.2, -0.15) is 0 Å². The first kappa shape index (κ1) is 14.6. The minimum Gasteiger partial charge on any atom is -0.293 e. The number of benzene rings is 1. The summed E-state index contributed by atoms with van der Waals surface area (Å²) in [5.74, 6) is 0.311. The smallest absolute Gasteiger partial charge is 0.293 e. The molecule has 1 heterocycles. The van der Waals surface area contributed by atoms with Crippen molar-refractivity contribution in [3.8, 4) is 0 Å². The third kappa shape index (κ3) is 3.39. The SMILES string of the molecule is CCCn1c(SCC(=O)c2ccc(C)cc2)n[nH]c1=O. The van der Waals surface area contributed by atoms with E-state index in [1.807, 2.05) is 38.1 Å². The van der Waals surface area contributed by atoms with E-state index >= 15 is 0 Å². The van der Waals surface area contributed by atoms with Gasteiger partial charge in [-0.1, -0.05) is 48.5 Å². The Morgan fingerprint density at radius 1 is 1.35 bits per heavy atom. The number of ketones is 1. The lowest BCUT2D eigenvalue weighted by atomic mass is 10.1. The third-order valence-electron chi connectivity index (χ3n) is 2.88. The number of H-pyrrole nitrogens is 1. The molecule has 6 heteroatoms. The first-order valence-corrected chi connectivity index (χ1v) is 7.48. The summed E-state index contributed by atoms with van der Waals surface area (Å²) in [7, 11) is 0. The fourth-order valence-corrected chi connectivity index (χ4v) is 2.65. The number of nitrogens with zero attached hydrogens (tertiary/aromatic N) is 2. The Hall–Kier alpha value is -1.82. The summed E-state index contributed by atoms with van der Waals surface area (Å²) in [6.45, 7) is 4.58. The second-order valence-corrected chi connectivity index (χ2v) is 5.48. The lowest BCUT2D eigenvalue weighted by Crippen LogP contribution is -2.17. The Morgan fingerprint density at radius 3 is 2.70 bits per heavy atom. The molecule has 0 aliphatic carbocycles. The number of Topliss-reactive ketones (excluding diaryl/α,β-unsaturated/α-hetero) is 1. The van der Waals surface area contributed by atoms with Crippen molar-refractivity contribution < 1.29 is 4.79 Å². The van der Waals surface area contributed by atoms with Crippen LogP contribution in [0.1, 0.15) is 29.3 Å². The molecule has 0 atom stereocenters. The molecular weight excluding hydrogens is 274 g/mol. The molecule has 0 spiro atoms. The van der Waals surface area contributed by atoms with Crippen molar-refractivity contribution in [1.82, 2.24) is 14.8 Å². The van der Waals surface area contributed by atoms with Crippen LogP contribution in [0.2, 0.25) is 0 Å². The van der Waals surface area contributed by atoms with Crippen LogP contribution in [0.4, 0.5) is 0 Å². The molecule has 2 rings (SSSR count). The average Bonchev–Trinajstić information content (AvgIpc) is 2.79. The van der Waals surface area contributed by atoms with Gasteiger partial charge in [-0.15, -0.1) is 5.10 Å². The number of aryl methyl sites for hydroxylation is 1. The molecule has 0 saturated heterocycles. The molecule has 20 heavy (non-hydrogen) atoms. The number of aromatic amines is 1. The lowest BCUT2D eigenvalue weighted by molar-refractivity contribution is 0.102. The maximum atomic E-state index is 12.1. The van der Waals surface area contributed by atoms with Crippen molar-refractivity contribution in [2.24, 2.45) is 0 Å². The van der Waals surface area contributed by atoms with Gasteiger partial charge in [-0.3, -0.25) is 9.36 Å². The Bertz CT molecular complexity index is 643. The molecule has 5 nitrogen and oxygen atoms in total. The van der Waals surface area contributed by atoms with Crippen LogP contribution in [0.25, 0.3) is 0 Å². The summed E-state index contributed by atoms with van der Waals surface area (Å²) in [6.07, 6.45) is 0.846. The van der Waals surface area contributed by atoms with Crippen LogP contribution in [0.3, 0.4) is 0 Å². The fourth-order valence-electron chi connectivity index (χ4n) is 1.79. The van der Waals surface area contributed by atoms with E-state index < -0.39 is 0 Å². The van der Waals surface area contributed by atoms with Crippen LogP contribution < -0.4 is 5.69 Å². The number of carbonyl (C=O) groups excluding carboxylic acids is 1. The second-order valence-electron chi connectivity index (χ2n) is 4.54. The largest absolute Gasteiger partial charge is 0.343 e. The van der Waals surface area contributed by atoms with E-state index in [1.54, 1.807) is 4.57 Å². The predicted molar refractivity (Wildman–Crippen MR) is 79.4 cm³/mol. The van der Waals surface area contributed by atoms with E-state index in [0.717, 1.165) is 12.0 Å². The van der Waals surface area contributed by atoms with Crippen LogP contribution in [-0.2, 0) is 6.54 Å². The van der Waals surface area contributed by atoms with Gasteiger partial charge in [-0.25, -0.2) is 9.89 Å². The monoisotopic (exact) mass is 291 g/mol. The third-order valence-corrected chi connectivity index (χ3v) is 3.85. The Labute approximate surface area is 121 Å². The molecule has 0 aliphatic heterocycles. The zero-order valence-corrected chi connectivity index (χ0v) is 12.4. The van der Waals surface area contributed by atoms with E-state index in [9.17, 15) is 9.59 Å². The molecule has 0 radical (unpaired) electrons. The summed E-state index contributed by atoms with van der Waals surface area (Å²) in [5, 5.41) is 6.94. The molecule has 2 aromatic rings. The number of carbonyl (C=O) groups is 1. The number of rotatable bonds is 6. The first-order chi connectivity index (χ1) is 9.61. The van der Waals surface area contributed by atoms with Crippen LogP contribution in [0.5, 0.6) is 0 Å². The number of hydrogen-bond acceptors (Lipinski definition) is 4. The molecular formula is C14H17N3O2S. The zero-order valence-electron chi connectivity index (χ0n) is 11.5.